The highest BCUT2D eigenvalue weighted by atomic mass is 79.9. The molecule has 1 aliphatic heterocycles. The number of anilines is 1. The van der Waals surface area contributed by atoms with Gasteiger partial charge in [-0.1, -0.05) is 22.0 Å². The molecular weight excluding hydrogens is 252 g/mol. The van der Waals surface area contributed by atoms with Gasteiger partial charge < -0.3 is 4.90 Å². The first-order chi connectivity index (χ1) is 7.16. The van der Waals surface area contributed by atoms with Crippen LogP contribution in [0.1, 0.15) is 24.0 Å². The van der Waals surface area contributed by atoms with E-state index in [0.29, 0.717) is 4.83 Å². The number of halogens is 1. The van der Waals surface area contributed by atoms with Gasteiger partial charge in [0.25, 0.3) is 0 Å². The molecular formula is C12H17BrN2. The lowest BCUT2D eigenvalue weighted by atomic mass is 10.1. The minimum Gasteiger partial charge on any atom is -0.355 e. The third-order valence-corrected chi connectivity index (χ3v) is 3.60. The quantitative estimate of drug-likeness (QED) is 0.728. The third-order valence-electron chi connectivity index (χ3n) is 2.85. The molecule has 3 heteroatoms. The lowest BCUT2D eigenvalue weighted by Gasteiger charge is -2.32. The predicted molar refractivity (Wildman–Crippen MR) is 67.9 cm³/mol. The molecule has 1 atom stereocenters. The number of aromatic nitrogens is 1. The van der Waals surface area contributed by atoms with E-state index in [0.717, 1.165) is 18.9 Å². The number of hydrogen-bond donors (Lipinski definition) is 0. The summed E-state index contributed by atoms with van der Waals surface area (Å²) < 4.78 is 0. The molecule has 2 rings (SSSR count). The van der Waals surface area contributed by atoms with Crippen molar-refractivity contribution in [2.24, 2.45) is 0 Å². The molecule has 15 heavy (non-hydrogen) atoms. The molecule has 1 saturated heterocycles. The van der Waals surface area contributed by atoms with E-state index in [-0.39, 0.29) is 0 Å². The molecule has 2 nitrogen and oxygen atoms in total. The number of pyridine rings is 1. The maximum absolute atomic E-state index is 4.54. The van der Waals surface area contributed by atoms with Crippen LogP contribution in [-0.4, -0.2) is 22.9 Å². The molecule has 0 amide bonds. The van der Waals surface area contributed by atoms with Crippen molar-refractivity contribution >= 4 is 21.7 Å². The summed E-state index contributed by atoms with van der Waals surface area (Å²) in [6.45, 7) is 6.45. The first-order valence-corrected chi connectivity index (χ1v) is 6.40. The van der Waals surface area contributed by atoms with Crippen molar-refractivity contribution in [2.45, 2.75) is 31.5 Å². The molecule has 0 bridgehead atoms. The molecule has 2 heterocycles. The molecule has 0 spiro atoms. The topological polar surface area (TPSA) is 16.1 Å². The Balaban J connectivity index is 2.21. The van der Waals surface area contributed by atoms with Crippen LogP contribution < -0.4 is 4.90 Å². The van der Waals surface area contributed by atoms with Crippen LogP contribution in [0.3, 0.4) is 0 Å². The van der Waals surface area contributed by atoms with Crippen molar-refractivity contribution in [1.82, 2.24) is 4.98 Å². The highest BCUT2D eigenvalue weighted by Crippen LogP contribution is 2.24. The molecule has 0 aromatic carbocycles. The molecule has 0 saturated carbocycles. The van der Waals surface area contributed by atoms with Crippen LogP contribution in [0.5, 0.6) is 0 Å². The number of rotatable bonds is 1. The summed E-state index contributed by atoms with van der Waals surface area (Å²) in [6.07, 6.45) is 4.49. The SMILES string of the molecule is Cc1cnc(N2CCCC(Br)C2)c(C)c1. The minimum absolute atomic E-state index is 0.619. The van der Waals surface area contributed by atoms with Gasteiger partial charge in [0, 0.05) is 24.1 Å². The zero-order valence-corrected chi connectivity index (χ0v) is 10.9. The van der Waals surface area contributed by atoms with E-state index in [1.807, 2.05) is 6.20 Å². The minimum atomic E-state index is 0.619. The van der Waals surface area contributed by atoms with Gasteiger partial charge in [-0.2, -0.15) is 0 Å². The molecule has 1 aromatic heterocycles. The normalized spacial score (nSPS) is 21.8. The number of piperidine rings is 1. The first kappa shape index (κ1) is 10.9. The molecule has 0 radical (unpaired) electrons. The first-order valence-electron chi connectivity index (χ1n) is 5.49. The Morgan fingerprint density at radius 2 is 2.27 bits per heavy atom. The number of nitrogens with zero attached hydrogens (tertiary/aromatic N) is 2. The van der Waals surface area contributed by atoms with E-state index in [2.05, 4.69) is 45.7 Å². The van der Waals surface area contributed by atoms with Crippen LogP contribution in [0.2, 0.25) is 0 Å². The van der Waals surface area contributed by atoms with Crippen molar-refractivity contribution in [1.29, 1.82) is 0 Å². The van der Waals surface area contributed by atoms with E-state index in [1.165, 1.54) is 24.0 Å². The molecule has 1 aromatic rings. The largest absolute Gasteiger partial charge is 0.355 e. The standard InChI is InChI=1S/C12H17BrN2/c1-9-6-10(2)12(14-7-9)15-5-3-4-11(13)8-15/h6-7,11H,3-5,8H2,1-2H3. The van der Waals surface area contributed by atoms with Crippen molar-refractivity contribution in [3.8, 4) is 0 Å². The summed E-state index contributed by atoms with van der Waals surface area (Å²) in [6, 6.07) is 2.21. The second kappa shape index (κ2) is 4.52. The lowest BCUT2D eigenvalue weighted by Crippen LogP contribution is -2.36. The van der Waals surface area contributed by atoms with Crippen LogP contribution in [-0.2, 0) is 0 Å². The summed E-state index contributed by atoms with van der Waals surface area (Å²) in [5.74, 6) is 1.16. The second-order valence-electron chi connectivity index (χ2n) is 4.34. The number of hydrogen-bond acceptors (Lipinski definition) is 2. The van der Waals surface area contributed by atoms with Crippen molar-refractivity contribution in [2.75, 3.05) is 18.0 Å². The number of aryl methyl sites for hydroxylation is 2. The van der Waals surface area contributed by atoms with Crippen LogP contribution in [0.4, 0.5) is 5.82 Å². The smallest absolute Gasteiger partial charge is 0.131 e. The molecule has 1 aliphatic rings. The van der Waals surface area contributed by atoms with Crippen LogP contribution in [0, 0.1) is 13.8 Å². The van der Waals surface area contributed by atoms with Crippen LogP contribution in [0.15, 0.2) is 12.3 Å². The van der Waals surface area contributed by atoms with Gasteiger partial charge in [-0.15, -0.1) is 0 Å². The van der Waals surface area contributed by atoms with Gasteiger partial charge in [0.05, 0.1) is 0 Å². The van der Waals surface area contributed by atoms with E-state index < -0.39 is 0 Å². The fraction of sp³-hybridized carbons (Fsp3) is 0.583. The van der Waals surface area contributed by atoms with Gasteiger partial charge in [-0.05, 0) is 37.8 Å². The molecule has 1 unspecified atom stereocenters. The molecule has 0 N–H and O–H groups in total. The maximum Gasteiger partial charge on any atom is 0.131 e. The van der Waals surface area contributed by atoms with Gasteiger partial charge in [0.1, 0.15) is 5.82 Å². The Kier molecular flexibility index (Phi) is 3.29. The Labute approximate surface area is 99.8 Å². The van der Waals surface area contributed by atoms with Crippen LogP contribution in [0.25, 0.3) is 0 Å². The highest BCUT2D eigenvalue weighted by molar-refractivity contribution is 9.09. The fourth-order valence-corrected chi connectivity index (χ4v) is 2.83. The van der Waals surface area contributed by atoms with E-state index >= 15 is 0 Å². The molecule has 0 aliphatic carbocycles. The zero-order chi connectivity index (χ0) is 10.8. The van der Waals surface area contributed by atoms with Gasteiger partial charge in [0.15, 0.2) is 0 Å². The Bertz CT molecular complexity index is 351. The summed E-state index contributed by atoms with van der Waals surface area (Å²) in [5, 5.41) is 0. The van der Waals surface area contributed by atoms with Gasteiger partial charge in [-0.3, -0.25) is 0 Å². The van der Waals surface area contributed by atoms with Crippen molar-refractivity contribution in [3.05, 3.63) is 23.4 Å². The maximum atomic E-state index is 4.54. The second-order valence-corrected chi connectivity index (χ2v) is 5.63. The Morgan fingerprint density at radius 1 is 1.47 bits per heavy atom. The average molecular weight is 269 g/mol. The Hall–Kier alpha value is -0.570. The van der Waals surface area contributed by atoms with Crippen molar-refractivity contribution < 1.29 is 0 Å². The van der Waals surface area contributed by atoms with Gasteiger partial charge >= 0.3 is 0 Å². The highest BCUT2D eigenvalue weighted by Gasteiger charge is 2.19. The predicted octanol–water partition coefficient (Wildman–Crippen LogP) is 3.06. The van der Waals surface area contributed by atoms with Crippen molar-refractivity contribution in [3.63, 3.8) is 0 Å². The summed E-state index contributed by atoms with van der Waals surface area (Å²) in [4.78, 5) is 7.55. The van der Waals surface area contributed by atoms with E-state index in [1.54, 1.807) is 0 Å². The van der Waals surface area contributed by atoms with Crippen LogP contribution >= 0.6 is 15.9 Å². The molecule has 82 valence electrons. The summed E-state index contributed by atoms with van der Waals surface area (Å²) in [7, 11) is 0. The summed E-state index contributed by atoms with van der Waals surface area (Å²) >= 11 is 3.70. The number of alkyl halides is 1. The zero-order valence-electron chi connectivity index (χ0n) is 9.33. The monoisotopic (exact) mass is 268 g/mol. The average Bonchev–Trinajstić information content (AvgIpc) is 2.17. The van der Waals surface area contributed by atoms with E-state index in [4.69, 9.17) is 0 Å². The van der Waals surface area contributed by atoms with E-state index in [9.17, 15) is 0 Å². The lowest BCUT2D eigenvalue weighted by molar-refractivity contribution is 0.590. The van der Waals surface area contributed by atoms with Gasteiger partial charge in [0.2, 0.25) is 0 Å². The molecule has 1 fully saturated rings. The van der Waals surface area contributed by atoms with Gasteiger partial charge in [-0.25, -0.2) is 4.98 Å². The fourth-order valence-electron chi connectivity index (χ4n) is 2.16. The third kappa shape index (κ3) is 2.51. The Morgan fingerprint density at radius 3 is 2.93 bits per heavy atom. The summed E-state index contributed by atoms with van der Waals surface area (Å²) in [5.41, 5.74) is 2.53.